The molecular weight excluding hydrogens is 438 g/mol. The van der Waals surface area contributed by atoms with Gasteiger partial charge in [-0.25, -0.2) is 0 Å². The van der Waals surface area contributed by atoms with Crippen LogP contribution in [0.15, 0.2) is 47.1 Å². The van der Waals surface area contributed by atoms with Gasteiger partial charge in [0.25, 0.3) is 5.91 Å². The van der Waals surface area contributed by atoms with Gasteiger partial charge in [-0.15, -0.1) is 0 Å². The Balaban J connectivity index is 1.88. The van der Waals surface area contributed by atoms with E-state index in [0.29, 0.717) is 17.9 Å². The van der Waals surface area contributed by atoms with Crippen LogP contribution in [0.2, 0.25) is 0 Å². The van der Waals surface area contributed by atoms with Gasteiger partial charge in [0, 0.05) is 25.3 Å². The number of benzene rings is 1. The van der Waals surface area contributed by atoms with E-state index in [2.05, 4.69) is 10.6 Å². The maximum absolute atomic E-state index is 13.6. The van der Waals surface area contributed by atoms with E-state index in [0.717, 1.165) is 25.7 Å². The Hall–Kier alpha value is -3.33. The van der Waals surface area contributed by atoms with E-state index in [1.165, 1.54) is 24.3 Å². The molecule has 0 unspecified atom stereocenters. The molecule has 0 bridgehead atoms. The molecule has 3 rings (SSSR count). The molecule has 34 heavy (non-hydrogen) atoms. The molecule has 3 amide bonds. The fraction of sp³-hybridized carbons (Fsp3) is 0.480. The van der Waals surface area contributed by atoms with Crippen LogP contribution in [0.1, 0.15) is 54.8 Å². The number of hydrogen-bond donors (Lipinski definition) is 2. The van der Waals surface area contributed by atoms with Gasteiger partial charge in [0.1, 0.15) is 11.8 Å². The van der Waals surface area contributed by atoms with Crippen LogP contribution < -0.4 is 15.4 Å². The first-order valence-corrected chi connectivity index (χ1v) is 11.7. The Morgan fingerprint density at radius 3 is 2.59 bits per heavy atom. The molecule has 0 radical (unpaired) electrons. The molecule has 1 heterocycles. The van der Waals surface area contributed by atoms with Gasteiger partial charge < -0.3 is 29.4 Å². The number of methoxy groups -OCH3 is 1. The number of rotatable bonds is 12. The number of furan rings is 1. The lowest BCUT2D eigenvalue weighted by Gasteiger charge is -2.33. The van der Waals surface area contributed by atoms with Crippen molar-refractivity contribution < 1.29 is 28.3 Å². The third kappa shape index (κ3) is 6.60. The second-order valence-electron chi connectivity index (χ2n) is 8.10. The molecule has 0 saturated heterocycles. The number of carbonyl (C=O) groups excluding carboxylic acids is 3. The van der Waals surface area contributed by atoms with Crippen molar-refractivity contribution in [3.8, 4) is 5.75 Å². The Morgan fingerprint density at radius 2 is 1.91 bits per heavy atom. The summed E-state index contributed by atoms with van der Waals surface area (Å²) in [5.74, 6) is -0.567. The van der Waals surface area contributed by atoms with Crippen LogP contribution in [0.3, 0.4) is 0 Å². The van der Waals surface area contributed by atoms with Gasteiger partial charge in [0.05, 0.1) is 26.0 Å². The van der Waals surface area contributed by atoms with Crippen molar-refractivity contribution in [1.29, 1.82) is 0 Å². The highest BCUT2D eigenvalue weighted by atomic mass is 16.5. The third-order valence-corrected chi connectivity index (χ3v) is 5.78. The predicted octanol–water partition coefficient (Wildman–Crippen LogP) is 2.68. The first kappa shape index (κ1) is 25.3. The Bertz CT molecular complexity index is 940. The average Bonchev–Trinajstić information content (AvgIpc) is 3.55. The third-order valence-electron chi connectivity index (χ3n) is 5.78. The molecule has 2 N–H and O–H groups in total. The SMILES string of the molecule is CCOc1ccccc1[C@H](C(=O)NC1CCCC1)N(CCOC)C(=O)CNC(=O)c1ccco1. The van der Waals surface area contributed by atoms with Crippen LogP contribution in [0, 0.1) is 0 Å². The highest BCUT2D eigenvalue weighted by Crippen LogP contribution is 2.31. The van der Waals surface area contributed by atoms with E-state index in [1.54, 1.807) is 18.2 Å². The second-order valence-corrected chi connectivity index (χ2v) is 8.10. The minimum Gasteiger partial charge on any atom is -0.494 e. The van der Waals surface area contributed by atoms with Crippen LogP contribution in [-0.4, -0.2) is 62.1 Å². The van der Waals surface area contributed by atoms with Gasteiger partial charge in [-0.05, 0) is 38.0 Å². The van der Waals surface area contributed by atoms with E-state index < -0.39 is 17.9 Å². The zero-order chi connectivity index (χ0) is 24.3. The minimum atomic E-state index is -0.938. The van der Waals surface area contributed by atoms with Crippen LogP contribution in [0.4, 0.5) is 0 Å². The van der Waals surface area contributed by atoms with E-state index in [-0.39, 0.29) is 37.4 Å². The Morgan fingerprint density at radius 1 is 1.15 bits per heavy atom. The number of nitrogens with one attached hydrogen (secondary N) is 2. The lowest BCUT2D eigenvalue weighted by Crippen LogP contribution is -2.49. The molecule has 0 spiro atoms. The van der Waals surface area contributed by atoms with Crippen molar-refractivity contribution in [3.05, 3.63) is 54.0 Å². The maximum Gasteiger partial charge on any atom is 0.287 e. The summed E-state index contributed by atoms with van der Waals surface area (Å²) in [6.45, 7) is 2.37. The molecule has 1 aliphatic rings. The van der Waals surface area contributed by atoms with Crippen molar-refractivity contribution in [1.82, 2.24) is 15.5 Å². The summed E-state index contributed by atoms with van der Waals surface area (Å²) in [4.78, 5) is 40.7. The standard InChI is InChI=1S/C25H33N3O6/c1-3-33-20-12-7-6-11-19(20)23(25(31)27-18-9-4-5-10-18)28(14-16-32-2)22(29)17-26-24(30)21-13-8-15-34-21/h6-8,11-13,15,18,23H,3-5,9-10,14,16-17H2,1-2H3,(H,26,30)(H,27,31)/t23-/m1/s1. The topological polar surface area (TPSA) is 110 Å². The van der Waals surface area contributed by atoms with E-state index in [1.807, 2.05) is 19.1 Å². The Labute approximate surface area is 199 Å². The summed E-state index contributed by atoms with van der Waals surface area (Å²) < 4.78 is 16.1. The van der Waals surface area contributed by atoms with Gasteiger partial charge in [0.2, 0.25) is 11.8 Å². The zero-order valence-corrected chi connectivity index (χ0v) is 19.7. The van der Waals surface area contributed by atoms with Gasteiger partial charge >= 0.3 is 0 Å². The number of para-hydroxylation sites is 1. The predicted molar refractivity (Wildman–Crippen MR) is 125 cm³/mol. The molecule has 1 fully saturated rings. The fourth-order valence-corrected chi connectivity index (χ4v) is 4.13. The number of hydrogen-bond acceptors (Lipinski definition) is 6. The summed E-state index contributed by atoms with van der Waals surface area (Å²) in [5.41, 5.74) is 0.585. The number of nitrogens with zero attached hydrogens (tertiary/aromatic N) is 1. The average molecular weight is 472 g/mol. The van der Waals surface area contributed by atoms with Crippen LogP contribution >= 0.6 is 0 Å². The highest BCUT2D eigenvalue weighted by Gasteiger charge is 2.35. The summed E-state index contributed by atoms with van der Waals surface area (Å²) >= 11 is 0. The summed E-state index contributed by atoms with van der Waals surface area (Å²) in [5, 5.41) is 5.69. The van der Waals surface area contributed by atoms with Crippen LogP contribution in [-0.2, 0) is 14.3 Å². The molecule has 1 aromatic carbocycles. The van der Waals surface area contributed by atoms with Gasteiger partial charge in [-0.3, -0.25) is 14.4 Å². The molecule has 9 heteroatoms. The lowest BCUT2D eigenvalue weighted by atomic mass is 10.0. The maximum atomic E-state index is 13.6. The molecule has 1 atom stereocenters. The normalized spacial score (nSPS) is 14.4. The van der Waals surface area contributed by atoms with Crippen LogP contribution in [0.25, 0.3) is 0 Å². The van der Waals surface area contributed by atoms with Crippen molar-refractivity contribution in [2.75, 3.05) is 33.4 Å². The molecule has 1 saturated carbocycles. The number of amides is 3. The van der Waals surface area contributed by atoms with Gasteiger partial charge in [0.15, 0.2) is 5.76 Å². The zero-order valence-electron chi connectivity index (χ0n) is 19.7. The molecule has 0 aliphatic heterocycles. The molecule has 9 nitrogen and oxygen atoms in total. The largest absolute Gasteiger partial charge is 0.494 e. The summed E-state index contributed by atoms with van der Waals surface area (Å²) in [7, 11) is 1.53. The molecular formula is C25H33N3O6. The van der Waals surface area contributed by atoms with Crippen LogP contribution in [0.5, 0.6) is 5.75 Å². The van der Waals surface area contributed by atoms with Crippen molar-refractivity contribution in [2.24, 2.45) is 0 Å². The van der Waals surface area contributed by atoms with Crippen molar-refractivity contribution in [2.45, 2.75) is 44.7 Å². The van der Waals surface area contributed by atoms with Gasteiger partial charge in [-0.2, -0.15) is 0 Å². The van der Waals surface area contributed by atoms with Gasteiger partial charge in [-0.1, -0.05) is 31.0 Å². The summed E-state index contributed by atoms with van der Waals surface area (Å²) in [6, 6.07) is 9.45. The summed E-state index contributed by atoms with van der Waals surface area (Å²) in [6.07, 6.45) is 5.34. The molecule has 1 aromatic heterocycles. The highest BCUT2D eigenvalue weighted by molar-refractivity contribution is 5.95. The van der Waals surface area contributed by atoms with E-state index in [4.69, 9.17) is 13.9 Å². The first-order chi connectivity index (χ1) is 16.5. The lowest BCUT2D eigenvalue weighted by molar-refractivity contribution is -0.141. The van der Waals surface area contributed by atoms with E-state index in [9.17, 15) is 14.4 Å². The van der Waals surface area contributed by atoms with Crippen molar-refractivity contribution in [3.63, 3.8) is 0 Å². The number of carbonyl (C=O) groups is 3. The Kier molecular flexibility index (Phi) is 9.51. The van der Waals surface area contributed by atoms with Crippen molar-refractivity contribution >= 4 is 17.7 Å². The minimum absolute atomic E-state index is 0.0762. The molecule has 184 valence electrons. The molecule has 1 aliphatic carbocycles. The fourth-order valence-electron chi connectivity index (χ4n) is 4.13. The number of ether oxygens (including phenoxy) is 2. The van der Waals surface area contributed by atoms with E-state index >= 15 is 0 Å². The monoisotopic (exact) mass is 471 g/mol. The second kappa shape index (κ2) is 12.8. The quantitative estimate of drug-likeness (QED) is 0.493. The molecule has 2 aromatic rings. The smallest absolute Gasteiger partial charge is 0.287 e. The first-order valence-electron chi connectivity index (χ1n) is 11.7.